The number of rotatable bonds is 8. The van der Waals surface area contributed by atoms with E-state index in [4.69, 9.17) is 9.47 Å². The van der Waals surface area contributed by atoms with Crippen LogP contribution in [0.3, 0.4) is 0 Å². The molecule has 2 aliphatic heterocycles. The number of nitrogens with zero attached hydrogens (tertiary/aromatic N) is 1. The molecule has 3 N–H and O–H groups in total. The first-order chi connectivity index (χ1) is 19.6. The van der Waals surface area contributed by atoms with Crippen LogP contribution in [0, 0.1) is 5.92 Å². The van der Waals surface area contributed by atoms with Gasteiger partial charge in [-0.2, -0.15) is 0 Å². The standard InChI is InChI=1S/C32H38N2O6Si/c1-20-29(41(4,5)25-14-12-24(39-3)13-15-25)28(17-18-35)40-32(20)26-19-22(33-30(37)21(2)36)11-16-27(26)34(31(32)38)23-9-7-6-8-10-23/h6-16,19-21,28-29,35-36H,17-18H2,1-5H3,(H,33,37)/t20-,21+,28+,29-,32+/m1/s1. The summed E-state index contributed by atoms with van der Waals surface area (Å²) in [6, 6.07) is 22.9. The van der Waals surface area contributed by atoms with Crippen molar-refractivity contribution in [2.24, 2.45) is 5.92 Å². The molecule has 3 aromatic carbocycles. The topological polar surface area (TPSA) is 108 Å². The molecule has 0 unspecified atom stereocenters. The highest BCUT2D eigenvalue weighted by atomic mass is 28.3. The van der Waals surface area contributed by atoms with E-state index in [1.54, 1.807) is 24.1 Å². The van der Waals surface area contributed by atoms with Gasteiger partial charge in [-0.05, 0) is 61.4 Å². The van der Waals surface area contributed by atoms with Crippen molar-refractivity contribution >= 4 is 42.1 Å². The molecule has 9 heteroatoms. The minimum Gasteiger partial charge on any atom is -0.497 e. The van der Waals surface area contributed by atoms with Gasteiger partial charge in [-0.1, -0.05) is 55.5 Å². The molecule has 41 heavy (non-hydrogen) atoms. The zero-order valence-electron chi connectivity index (χ0n) is 24.1. The molecule has 8 nitrogen and oxygen atoms in total. The van der Waals surface area contributed by atoms with E-state index in [-0.39, 0.29) is 30.1 Å². The number of fused-ring (bicyclic) bond motifs is 2. The van der Waals surface area contributed by atoms with E-state index in [0.29, 0.717) is 23.4 Å². The lowest BCUT2D eigenvalue weighted by molar-refractivity contribution is -0.145. The van der Waals surface area contributed by atoms with Gasteiger partial charge in [0.05, 0.1) is 27.0 Å². The summed E-state index contributed by atoms with van der Waals surface area (Å²) in [7, 11) is -0.667. The highest BCUT2D eigenvalue weighted by molar-refractivity contribution is 6.91. The molecule has 1 spiro atoms. The van der Waals surface area contributed by atoms with E-state index in [2.05, 4.69) is 37.5 Å². The van der Waals surface area contributed by atoms with Crippen molar-refractivity contribution < 1.29 is 29.3 Å². The second-order valence-corrected chi connectivity index (χ2v) is 16.2. The van der Waals surface area contributed by atoms with Crippen LogP contribution in [0.4, 0.5) is 17.1 Å². The molecule has 2 aliphatic rings. The molecular formula is C32H38N2O6Si. The lowest BCUT2D eigenvalue weighted by Crippen LogP contribution is -2.51. The van der Waals surface area contributed by atoms with Gasteiger partial charge in [-0.15, -0.1) is 0 Å². The molecule has 0 aromatic heterocycles. The summed E-state index contributed by atoms with van der Waals surface area (Å²) in [4.78, 5) is 28.8. The van der Waals surface area contributed by atoms with Gasteiger partial charge in [-0.3, -0.25) is 14.5 Å². The van der Waals surface area contributed by atoms with Crippen molar-refractivity contribution in [3.05, 3.63) is 78.4 Å². The molecule has 5 rings (SSSR count). The van der Waals surface area contributed by atoms with Crippen LogP contribution in [0.15, 0.2) is 72.8 Å². The first kappa shape index (κ1) is 29.0. The van der Waals surface area contributed by atoms with Crippen molar-refractivity contribution in [2.45, 2.75) is 56.7 Å². The Bertz CT molecular complexity index is 1430. The molecule has 2 heterocycles. The van der Waals surface area contributed by atoms with Crippen LogP contribution in [0.2, 0.25) is 18.6 Å². The number of aliphatic hydroxyl groups is 2. The summed E-state index contributed by atoms with van der Waals surface area (Å²) < 4.78 is 12.3. The number of benzene rings is 3. The molecule has 0 aliphatic carbocycles. The predicted octanol–water partition coefficient (Wildman–Crippen LogP) is 4.29. The van der Waals surface area contributed by atoms with Gasteiger partial charge in [0.1, 0.15) is 11.9 Å². The van der Waals surface area contributed by atoms with Crippen LogP contribution in [0.5, 0.6) is 5.75 Å². The number of carbonyl (C=O) groups excluding carboxylic acids is 2. The monoisotopic (exact) mass is 574 g/mol. The molecule has 5 atom stereocenters. The fourth-order valence-corrected chi connectivity index (χ4v) is 10.9. The number of anilines is 3. The van der Waals surface area contributed by atoms with Crippen molar-refractivity contribution in [3.63, 3.8) is 0 Å². The Morgan fingerprint density at radius 2 is 1.80 bits per heavy atom. The Morgan fingerprint density at radius 3 is 2.41 bits per heavy atom. The zero-order chi connectivity index (χ0) is 29.5. The van der Waals surface area contributed by atoms with E-state index in [9.17, 15) is 19.8 Å². The largest absolute Gasteiger partial charge is 0.497 e. The number of para-hydroxylation sites is 1. The van der Waals surface area contributed by atoms with Crippen LogP contribution < -0.4 is 20.1 Å². The van der Waals surface area contributed by atoms with E-state index in [0.717, 1.165) is 11.4 Å². The van der Waals surface area contributed by atoms with Crippen LogP contribution in [0.1, 0.15) is 25.8 Å². The fraction of sp³-hybridized carbons (Fsp3) is 0.375. The molecular weight excluding hydrogens is 536 g/mol. The highest BCUT2D eigenvalue weighted by Crippen LogP contribution is 2.61. The molecule has 1 fully saturated rings. The van der Waals surface area contributed by atoms with Crippen molar-refractivity contribution in [1.29, 1.82) is 0 Å². The molecule has 0 bridgehead atoms. The minimum atomic E-state index is -2.31. The van der Waals surface area contributed by atoms with E-state index < -0.39 is 25.7 Å². The van der Waals surface area contributed by atoms with Gasteiger partial charge in [0, 0.05) is 29.5 Å². The van der Waals surface area contributed by atoms with Crippen LogP contribution >= 0.6 is 0 Å². The smallest absolute Gasteiger partial charge is 0.268 e. The summed E-state index contributed by atoms with van der Waals surface area (Å²) in [5, 5.41) is 23.9. The third kappa shape index (κ3) is 4.76. The third-order valence-corrected chi connectivity index (χ3v) is 13.2. The lowest BCUT2D eigenvalue weighted by atomic mass is 9.82. The first-order valence-corrected chi connectivity index (χ1v) is 17.1. The highest BCUT2D eigenvalue weighted by Gasteiger charge is 2.66. The number of aliphatic hydroxyl groups excluding tert-OH is 2. The molecule has 1 saturated heterocycles. The van der Waals surface area contributed by atoms with Crippen LogP contribution in [-0.4, -0.2) is 56.0 Å². The summed E-state index contributed by atoms with van der Waals surface area (Å²) in [5.74, 6) is -0.184. The Balaban J connectivity index is 1.66. The summed E-state index contributed by atoms with van der Waals surface area (Å²) in [6.07, 6.45) is -1.15. The van der Waals surface area contributed by atoms with Crippen molar-refractivity contribution in [1.82, 2.24) is 0 Å². The van der Waals surface area contributed by atoms with Crippen molar-refractivity contribution in [2.75, 3.05) is 23.9 Å². The molecule has 0 radical (unpaired) electrons. The van der Waals surface area contributed by atoms with E-state index in [1.165, 1.54) is 12.1 Å². The maximum absolute atomic E-state index is 14.7. The second kappa shape index (κ2) is 11.1. The van der Waals surface area contributed by atoms with Gasteiger partial charge in [-0.25, -0.2) is 0 Å². The fourth-order valence-electron chi connectivity index (χ4n) is 6.79. The van der Waals surface area contributed by atoms with Crippen molar-refractivity contribution in [3.8, 4) is 5.75 Å². The zero-order valence-corrected chi connectivity index (χ0v) is 25.1. The summed E-state index contributed by atoms with van der Waals surface area (Å²) in [5.41, 5.74) is 1.23. The normalized spacial score (nSPS) is 24.4. The Kier molecular flexibility index (Phi) is 7.82. The van der Waals surface area contributed by atoms with Gasteiger partial charge in [0.25, 0.3) is 11.8 Å². The predicted molar refractivity (Wildman–Crippen MR) is 162 cm³/mol. The second-order valence-electron chi connectivity index (χ2n) is 11.5. The number of amides is 2. The number of hydrogen-bond acceptors (Lipinski definition) is 6. The average molecular weight is 575 g/mol. The van der Waals surface area contributed by atoms with E-state index in [1.807, 2.05) is 48.5 Å². The van der Waals surface area contributed by atoms with Crippen LogP contribution in [-0.2, 0) is 19.9 Å². The maximum Gasteiger partial charge on any atom is 0.268 e. The molecule has 2 amide bonds. The average Bonchev–Trinajstić information content (AvgIpc) is 3.40. The van der Waals surface area contributed by atoms with Gasteiger partial charge in [0.2, 0.25) is 0 Å². The third-order valence-electron chi connectivity index (χ3n) is 8.82. The number of hydrogen-bond donors (Lipinski definition) is 3. The Morgan fingerprint density at radius 1 is 1.12 bits per heavy atom. The van der Waals surface area contributed by atoms with Gasteiger partial charge >= 0.3 is 0 Å². The minimum absolute atomic E-state index is 0.00807. The molecule has 216 valence electrons. The number of carbonyl (C=O) groups is 2. The Hall–Kier alpha value is -3.50. The summed E-state index contributed by atoms with van der Waals surface area (Å²) >= 11 is 0. The number of methoxy groups -OCH3 is 1. The lowest BCUT2D eigenvalue weighted by Gasteiger charge is -2.37. The maximum atomic E-state index is 14.7. The number of nitrogens with one attached hydrogen (secondary N) is 1. The SMILES string of the molecule is COc1ccc([Si](C)(C)[C@H]2[C@H](CCO)O[C@@]3(C(=O)N(c4ccccc4)c4ccc(NC(=O)[C@H](C)O)cc43)[C@@H]2C)cc1. The van der Waals surface area contributed by atoms with E-state index >= 15 is 0 Å². The van der Waals surface area contributed by atoms with Gasteiger partial charge in [0.15, 0.2) is 5.60 Å². The number of ether oxygens (including phenoxy) is 2. The first-order valence-electron chi connectivity index (χ1n) is 14.0. The Labute approximate surface area is 241 Å². The molecule has 0 saturated carbocycles. The summed E-state index contributed by atoms with van der Waals surface area (Å²) in [6.45, 7) is 8.00. The molecule has 3 aromatic rings. The quantitative estimate of drug-likeness (QED) is 0.347. The van der Waals surface area contributed by atoms with Crippen LogP contribution in [0.25, 0.3) is 0 Å². The van der Waals surface area contributed by atoms with Gasteiger partial charge < -0.3 is 25.0 Å².